The molecule has 0 spiro atoms. The summed E-state index contributed by atoms with van der Waals surface area (Å²) < 4.78 is 6.08. The van der Waals surface area contributed by atoms with Crippen LogP contribution in [-0.4, -0.2) is 32.1 Å². The normalized spacial score (nSPS) is 11.4. The zero-order valence-electron chi connectivity index (χ0n) is 20.5. The molecule has 2 heteroatoms. The van der Waals surface area contributed by atoms with E-state index in [9.17, 15) is 0 Å². The van der Waals surface area contributed by atoms with Crippen LogP contribution in [0.3, 0.4) is 0 Å². The maximum absolute atomic E-state index is 6.08. The standard InChI is InChI=1S/C29H37NO/c1-19-14-23(5)27(16-21(19)3)29(28-17-22(4)20(2)15-24(28)6)25-10-9-11-26(18-25)31-13-12-30(7)8/h9-11,14-18,29H,12-13H2,1-8H3. The molecular weight excluding hydrogens is 378 g/mol. The lowest BCUT2D eigenvalue weighted by molar-refractivity contribution is 0.261. The SMILES string of the molecule is Cc1cc(C)c(C(c2cccc(OCCN(C)C)c2)c2cc(C)c(C)cc2C)cc1C. The minimum absolute atomic E-state index is 0.177. The van der Waals surface area contributed by atoms with Crippen LogP contribution in [0.4, 0.5) is 0 Å². The highest BCUT2D eigenvalue weighted by Gasteiger charge is 2.22. The Morgan fingerprint density at radius 3 is 1.71 bits per heavy atom. The average molecular weight is 416 g/mol. The van der Waals surface area contributed by atoms with Crippen molar-refractivity contribution in [1.29, 1.82) is 0 Å². The van der Waals surface area contributed by atoms with E-state index < -0.39 is 0 Å². The summed E-state index contributed by atoms with van der Waals surface area (Å²) in [4.78, 5) is 2.14. The second-order valence-electron chi connectivity index (χ2n) is 9.24. The van der Waals surface area contributed by atoms with E-state index in [0.29, 0.717) is 6.61 Å². The van der Waals surface area contributed by atoms with E-state index in [1.807, 2.05) is 0 Å². The minimum Gasteiger partial charge on any atom is -0.492 e. The predicted octanol–water partition coefficient (Wildman–Crippen LogP) is 6.66. The van der Waals surface area contributed by atoms with Gasteiger partial charge in [0.25, 0.3) is 0 Å². The van der Waals surface area contributed by atoms with Gasteiger partial charge in [-0.25, -0.2) is 0 Å². The summed E-state index contributed by atoms with van der Waals surface area (Å²) in [5, 5.41) is 0. The molecule has 0 aromatic heterocycles. The number of hydrogen-bond donors (Lipinski definition) is 0. The monoisotopic (exact) mass is 415 g/mol. The Morgan fingerprint density at radius 2 is 1.19 bits per heavy atom. The first-order valence-electron chi connectivity index (χ1n) is 11.2. The van der Waals surface area contributed by atoms with Gasteiger partial charge in [-0.3, -0.25) is 0 Å². The van der Waals surface area contributed by atoms with Crippen LogP contribution in [0.25, 0.3) is 0 Å². The molecule has 0 radical (unpaired) electrons. The summed E-state index contributed by atoms with van der Waals surface area (Å²) in [6.45, 7) is 14.9. The van der Waals surface area contributed by atoms with Crippen molar-refractivity contribution < 1.29 is 4.74 Å². The molecule has 0 aliphatic heterocycles. The van der Waals surface area contributed by atoms with E-state index in [2.05, 4.69) is 109 Å². The number of likely N-dealkylation sites (N-methyl/N-ethyl adjacent to an activating group) is 1. The molecule has 0 unspecified atom stereocenters. The van der Waals surface area contributed by atoms with E-state index in [1.165, 1.54) is 50.1 Å². The highest BCUT2D eigenvalue weighted by Crippen LogP contribution is 2.38. The molecule has 164 valence electrons. The van der Waals surface area contributed by atoms with Gasteiger partial charge in [0.05, 0.1) is 0 Å². The summed E-state index contributed by atoms with van der Waals surface area (Å²) in [6, 6.07) is 18.1. The zero-order valence-corrected chi connectivity index (χ0v) is 20.5. The van der Waals surface area contributed by atoms with E-state index in [4.69, 9.17) is 4.74 Å². The third kappa shape index (κ3) is 5.37. The third-order valence-electron chi connectivity index (χ3n) is 6.39. The fourth-order valence-electron chi connectivity index (χ4n) is 4.24. The Kier molecular flexibility index (Phi) is 7.23. The Hall–Kier alpha value is -2.58. The second kappa shape index (κ2) is 9.70. The van der Waals surface area contributed by atoms with Gasteiger partial charge in [0.1, 0.15) is 12.4 Å². The zero-order chi connectivity index (χ0) is 22.7. The highest BCUT2D eigenvalue weighted by atomic mass is 16.5. The first-order chi connectivity index (χ1) is 14.7. The van der Waals surface area contributed by atoms with E-state index in [0.717, 1.165) is 12.3 Å². The number of aryl methyl sites for hydroxylation is 6. The molecule has 0 fully saturated rings. The van der Waals surface area contributed by atoms with E-state index in [-0.39, 0.29) is 5.92 Å². The third-order valence-corrected chi connectivity index (χ3v) is 6.39. The van der Waals surface area contributed by atoms with Crippen LogP contribution >= 0.6 is 0 Å². The van der Waals surface area contributed by atoms with Crippen molar-refractivity contribution in [3.63, 3.8) is 0 Å². The second-order valence-corrected chi connectivity index (χ2v) is 9.24. The first-order valence-corrected chi connectivity index (χ1v) is 11.2. The van der Waals surface area contributed by atoms with E-state index >= 15 is 0 Å². The Labute approximate surface area is 188 Å². The van der Waals surface area contributed by atoms with Crippen molar-refractivity contribution >= 4 is 0 Å². The van der Waals surface area contributed by atoms with Gasteiger partial charge in [0.15, 0.2) is 0 Å². The number of rotatable bonds is 7. The van der Waals surface area contributed by atoms with Gasteiger partial charge in [0.2, 0.25) is 0 Å². The van der Waals surface area contributed by atoms with Crippen LogP contribution in [0.1, 0.15) is 56.0 Å². The quantitative estimate of drug-likeness (QED) is 0.400. The smallest absolute Gasteiger partial charge is 0.119 e. The van der Waals surface area contributed by atoms with Gasteiger partial charge in [-0.2, -0.15) is 0 Å². The molecule has 0 bridgehead atoms. The lowest BCUT2D eigenvalue weighted by Crippen LogP contribution is -2.19. The Morgan fingerprint density at radius 1 is 0.677 bits per heavy atom. The minimum atomic E-state index is 0.177. The van der Waals surface area contributed by atoms with Crippen LogP contribution in [0.5, 0.6) is 5.75 Å². The lowest BCUT2D eigenvalue weighted by atomic mass is 9.79. The van der Waals surface area contributed by atoms with Crippen LogP contribution < -0.4 is 4.74 Å². The van der Waals surface area contributed by atoms with Gasteiger partial charge in [0, 0.05) is 12.5 Å². The molecule has 3 aromatic rings. The van der Waals surface area contributed by atoms with Crippen molar-refractivity contribution in [1.82, 2.24) is 4.90 Å². The number of ether oxygens (including phenoxy) is 1. The van der Waals surface area contributed by atoms with Crippen molar-refractivity contribution in [2.45, 2.75) is 47.5 Å². The first kappa shape index (κ1) is 23.1. The van der Waals surface area contributed by atoms with Crippen molar-refractivity contribution in [3.05, 3.63) is 98.6 Å². The Bertz CT molecular complexity index is 1010. The molecule has 0 N–H and O–H groups in total. The van der Waals surface area contributed by atoms with Gasteiger partial charge in [-0.15, -0.1) is 0 Å². The van der Waals surface area contributed by atoms with Crippen LogP contribution in [0.15, 0.2) is 48.5 Å². The largest absolute Gasteiger partial charge is 0.492 e. The molecular formula is C29H37NO. The van der Waals surface area contributed by atoms with Crippen LogP contribution in [0.2, 0.25) is 0 Å². The van der Waals surface area contributed by atoms with Crippen molar-refractivity contribution in [2.24, 2.45) is 0 Å². The molecule has 0 atom stereocenters. The van der Waals surface area contributed by atoms with Crippen LogP contribution in [-0.2, 0) is 0 Å². The number of hydrogen-bond acceptors (Lipinski definition) is 2. The van der Waals surface area contributed by atoms with Crippen molar-refractivity contribution in [2.75, 3.05) is 27.2 Å². The molecule has 0 heterocycles. The number of benzene rings is 3. The maximum Gasteiger partial charge on any atom is 0.119 e. The van der Waals surface area contributed by atoms with Gasteiger partial charge in [-0.1, -0.05) is 36.4 Å². The number of nitrogens with zero attached hydrogens (tertiary/aromatic N) is 1. The average Bonchev–Trinajstić information content (AvgIpc) is 2.70. The summed E-state index contributed by atoms with van der Waals surface area (Å²) in [5.74, 6) is 1.11. The summed E-state index contributed by atoms with van der Waals surface area (Å²) in [7, 11) is 4.14. The highest BCUT2D eigenvalue weighted by molar-refractivity contribution is 5.53. The Balaban J connectivity index is 2.14. The molecule has 3 aromatic carbocycles. The predicted molar refractivity (Wildman–Crippen MR) is 133 cm³/mol. The van der Waals surface area contributed by atoms with Gasteiger partial charge < -0.3 is 9.64 Å². The molecule has 0 saturated heterocycles. The molecule has 31 heavy (non-hydrogen) atoms. The molecule has 0 aliphatic carbocycles. The molecule has 0 saturated carbocycles. The van der Waals surface area contributed by atoms with Gasteiger partial charge in [-0.05, 0) is 118 Å². The van der Waals surface area contributed by atoms with Gasteiger partial charge >= 0.3 is 0 Å². The molecule has 3 rings (SSSR count). The summed E-state index contributed by atoms with van der Waals surface area (Å²) in [5.41, 5.74) is 12.1. The molecule has 2 nitrogen and oxygen atoms in total. The fourth-order valence-corrected chi connectivity index (χ4v) is 4.24. The van der Waals surface area contributed by atoms with Crippen molar-refractivity contribution in [3.8, 4) is 5.75 Å². The lowest BCUT2D eigenvalue weighted by Gasteiger charge is -2.25. The maximum atomic E-state index is 6.08. The van der Waals surface area contributed by atoms with Crippen LogP contribution in [0, 0.1) is 41.5 Å². The van der Waals surface area contributed by atoms with E-state index in [1.54, 1.807) is 0 Å². The molecule has 0 amide bonds. The summed E-state index contributed by atoms with van der Waals surface area (Å²) >= 11 is 0. The fraction of sp³-hybridized carbons (Fsp3) is 0.379. The topological polar surface area (TPSA) is 12.5 Å². The summed E-state index contributed by atoms with van der Waals surface area (Å²) in [6.07, 6.45) is 0. The molecule has 0 aliphatic rings.